The van der Waals surface area contributed by atoms with E-state index in [1.165, 1.54) is 0 Å². The molecule has 2 heterocycles. The van der Waals surface area contributed by atoms with Gasteiger partial charge in [0, 0.05) is 11.6 Å². The lowest BCUT2D eigenvalue weighted by Gasteiger charge is -2.32. The highest BCUT2D eigenvalue weighted by atomic mass is 16.2. The highest BCUT2D eigenvalue weighted by molar-refractivity contribution is 6.00. The van der Waals surface area contributed by atoms with Gasteiger partial charge in [-0.1, -0.05) is 18.2 Å². The van der Waals surface area contributed by atoms with Gasteiger partial charge < -0.3 is 4.90 Å². The lowest BCUT2D eigenvalue weighted by molar-refractivity contribution is -0.125. The van der Waals surface area contributed by atoms with Crippen molar-refractivity contribution in [2.24, 2.45) is 0 Å². The van der Waals surface area contributed by atoms with Gasteiger partial charge in [-0.25, -0.2) is 0 Å². The first-order valence-electron chi connectivity index (χ1n) is 6.55. The van der Waals surface area contributed by atoms with Crippen molar-refractivity contribution in [1.82, 2.24) is 4.90 Å². The maximum absolute atomic E-state index is 12.6. The van der Waals surface area contributed by atoms with E-state index >= 15 is 0 Å². The molecule has 1 aromatic rings. The number of ketones is 1. The summed E-state index contributed by atoms with van der Waals surface area (Å²) in [7, 11) is 0. The lowest BCUT2D eigenvalue weighted by atomic mass is 9.84. The summed E-state index contributed by atoms with van der Waals surface area (Å²) in [5.74, 6) is 0.164. The van der Waals surface area contributed by atoms with Crippen LogP contribution in [0.5, 0.6) is 0 Å². The van der Waals surface area contributed by atoms with Crippen LogP contribution in [-0.4, -0.2) is 28.2 Å². The molecule has 18 heavy (non-hydrogen) atoms. The summed E-state index contributed by atoms with van der Waals surface area (Å²) in [5.41, 5.74) is 0.189. The van der Waals surface area contributed by atoms with Crippen LogP contribution in [0.1, 0.15) is 43.0 Å². The van der Waals surface area contributed by atoms with E-state index in [4.69, 9.17) is 0 Å². The van der Waals surface area contributed by atoms with Gasteiger partial charge in [0.25, 0.3) is 5.91 Å². The minimum Gasteiger partial charge on any atom is -0.323 e. The van der Waals surface area contributed by atoms with Gasteiger partial charge in [-0.2, -0.15) is 0 Å². The Morgan fingerprint density at radius 3 is 2.33 bits per heavy atom. The van der Waals surface area contributed by atoms with Gasteiger partial charge in [-0.15, -0.1) is 0 Å². The lowest BCUT2D eigenvalue weighted by Crippen LogP contribution is -2.49. The SMILES string of the molecule is CC(=O)C12CCC(CC1)N2C(=O)c1ccccc1. The monoisotopic (exact) mass is 243 g/mol. The van der Waals surface area contributed by atoms with Gasteiger partial charge in [-0.3, -0.25) is 9.59 Å². The van der Waals surface area contributed by atoms with E-state index in [0.29, 0.717) is 5.56 Å². The van der Waals surface area contributed by atoms with Crippen molar-refractivity contribution in [2.45, 2.75) is 44.2 Å². The molecule has 3 heteroatoms. The molecule has 0 aliphatic carbocycles. The third-order valence-corrected chi connectivity index (χ3v) is 4.50. The molecule has 0 aromatic heterocycles. The molecule has 3 nitrogen and oxygen atoms in total. The molecule has 2 bridgehead atoms. The van der Waals surface area contributed by atoms with Crippen LogP contribution >= 0.6 is 0 Å². The maximum atomic E-state index is 12.6. The molecular formula is C15H17NO2. The normalized spacial score (nSPS) is 29.6. The number of hydrogen-bond acceptors (Lipinski definition) is 2. The predicted octanol–water partition coefficient (Wildman–Crippen LogP) is 2.41. The predicted molar refractivity (Wildman–Crippen MR) is 68.3 cm³/mol. The zero-order valence-corrected chi connectivity index (χ0v) is 10.6. The number of carbonyl (C=O) groups is 2. The van der Waals surface area contributed by atoms with Crippen LogP contribution in [0.25, 0.3) is 0 Å². The summed E-state index contributed by atoms with van der Waals surface area (Å²) in [6.07, 6.45) is 3.62. The largest absolute Gasteiger partial charge is 0.323 e. The van der Waals surface area contributed by atoms with Gasteiger partial charge in [0.2, 0.25) is 0 Å². The highest BCUT2D eigenvalue weighted by Crippen LogP contribution is 2.47. The number of fused-ring (bicyclic) bond motifs is 2. The number of nitrogens with zero attached hydrogens (tertiary/aromatic N) is 1. The molecule has 94 valence electrons. The Morgan fingerprint density at radius 1 is 1.17 bits per heavy atom. The molecule has 0 N–H and O–H groups in total. The van der Waals surface area contributed by atoms with Crippen LogP contribution < -0.4 is 0 Å². The Balaban J connectivity index is 1.97. The number of Topliss-reactive ketones (excluding diaryl/α,β-unsaturated/α-hetero) is 1. The van der Waals surface area contributed by atoms with Gasteiger partial charge in [0.05, 0.1) is 0 Å². The summed E-state index contributed by atoms with van der Waals surface area (Å²) in [6, 6.07) is 9.55. The average Bonchev–Trinajstić information content (AvgIpc) is 2.95. The van der Waals surface area contributed by atoms with Crippen LogP contribution in [0.2, 0.25) is 0 Å². The first-order valence-corrected chi connectivity index (χ1v) is 6.55. The Bertz CT molecular complexity index is 486. The third kappa shape index (κ3) is 1.43. The van der Waals surface area contributed by atoms with Gasteiger partial charge in [0.1, 0.15) is 5.54 Å². The van der Waals surface area contributed by atoms with Crippen LogP contribution in [0.4, 0.5) is 0 Å². The summed E-state index contributed by atoms with van der Waals surface area (Å²) >= 11 is 0. The van der Waals surface area contributed by atoms with Crippen molar-refractivity contribution in [3.63, 3.8) is 0 Å². The molecule has 2 aliphatic rings. The second-order valence-electron chi connectivity index (χ2n) is 5.36. The van der Waals surface area contributed by atoms with Crippen molar-refractivity contribution in [3.8, 4) is 0 Å². The summed E-state index contributed by atoms with van der Waals surface area (Å²) in [5, 5.41) is 0. The van der Waals surface area contributed by atoms with Crippen LogP contribution in [0, 0.1) is 0 Å². The number of carbonyl (C=O) groups excluding carboxylic acids is 2. The fourth-order valence-corrected chi connectivity index (χ4v) is 3.53. The second-order valence-corrected chi connectivity index (χ2v) is 5.36. The number of benzene rings is 1. The molecular weight excluding hydrogens is 226 g/mol. The Morgan fingerprint density at radius 2 is 1.78 bits per heavy atom. The molecule has 2 saturated heterocycles. The van der Waals surface area contributed by atoms with Crippen LogP contribution in [0.3, 0.4) is 0 Å². The molecule has 1 aromatic carbocycles. The highest BCUT2D eigenvalue weighted by Gasteiger charge is 2.56. The van der Waals surface area contributed by atoms with E-state index in [-0.39, 0.29) is 17.7 Å². The van der Waals surface area contributed by atoms with Crippen molar-refractivity contribution in [2.75, 3.05) is 0 Å². The maximum Gasteiger partial charge on any atom is 0.254 e. The molecule has 0 saturated carbocycles. The van der Waals surface area contributed by atoms with E-state index in [9.17, 15) is 9.59 Å². The molecule has 1 amide bonds. The summed E-state index contributed by atoms with van der Waals surface area (Å²) < 4.78 is 0. The van der Waals surface area contributed by atoms with E-state index < -0.39 is 5.54 Å². The van der Waals surface area contributed by atoms with Gasteiger partial charge >= 0.3 is 0 Å². The van der Waals surface area contributed by atoms with E-state index in [2.05, 4.69) is 0 Å². The average molecular weight is 243 g/mol. The fourth-order valence-electron chi connectivity index (χ4n) is 3.53. The zero-order chi connectivity index (χ0) is 12.8. The van der Waals surface area contributed by atoms with Gasteiger partial charge in [0.15, 0.2) is 5.78 Å². The quantitative estimate of drug-likeness (QED) is 0.800. The minimum absolute atomic E-state index is 0.0193. The Hall–Kier alpha value is -1.64. The van der Waals surface area contributed by atoms with Gasteiger partial charge in [-0.05, 0) is 44.7 Å². The number of amides is 1. The molecule has 0 atom stereocenters. The van der Waals surface area contributed by atoms with Crippen molar-refractivity contribution >= 4 is 11.7 Å². The summed E-state index contributed by atoms with van der Waals surface area (Å²) in [4.78, 5) is 26.4. The molecule has 2 aliphatic heterocycles. The zero-order valence-electron chi connectivity index (χ0n) is 10.6. The first-order chi connectivity index (χ1) is 8.65. The van der Waals surface area contributed by atoms with E-state index in [1.54, 1.807) is 6.92 Å². The van der Waals surface area contributed by atoms with Crippen LogP contribution in [0.15, 0.2) is 30.3 Å². The molecule has 2 fully saturated rings. The van der Waals surface area contributed by atoms with Crippen molar-refractivity contribution < 1.29 is 9.59 Å². The van der Waals surface area contributed by atoms with Crippen molar-refractivity contribution in [1.29, 1.82) is 0 Å². The fraction of sp³-hybridized carbons (Fsp3) is 0.467. The Kier molecular flexibility index (Phi) is 2.51. The minimum atomic E-state index is -0.502. The Labute approximate surface area is 107 Å². The van der Waals surface area contributed by atoms with Crippen LogP contribution in [-0.2, 0) is 4.79 Å². The smallest absolute Gasteiger partial charge is 0.254 e. The molecule has 0 unspecified atom stereocenters. The first kappa shape index (κ1) is 11.5. The third-order valence-electron chi connectivity index (χ3n) is 4.50. The molecule has 3 rings (SSSR count). The van der Waals surface area contributed by atoms with E-state index in [1.807, 2.05) is 35.2 Å². The van der Waals surface area contributed by atoms with E-state index in [0.717, 1.165) is 25.7 Å². The standard InChI is InChI=1S/C15H17NO2/c1-11(17)15-9-7-13(8-10-15)16(15)14(18)12-5-3-2-4-6-12/h2-6,13H,7-10H2,1H3. The molecule has 0 radical (unpaired) electrons. The second kappa shape index (κ2) is 3.94. The number of hydrogen-bond donors (Lipinski definition) is 0. The summed E-state index contributed by atoms with van der Waals surface area (Å²) in [6.45, 7) is 1.62. The topological polar surface area (TPSA) is 37.4 Å². The number of rotatable bonds is 2. The molecule has 0 spiro atoms. The van der Waals surface area contributed by atoms with Crippen molar-refractivity contribution in [3.05, 3.63) is 35.9 Å².